The van der Waals surface area contributed by atoms with Gasteiger partial charge in [0.1, 0.15) is 0 Å². The zero-order chi connectivity index (χ0) is 12.6. The third-order valence-electron chi connectivity index (χ3n) is 2.18. The summed E-state index contributed by atoms with van der Waals surface area (Å²) >= 11 is 0. The molecule has 2 amide bonds. The lowest BCUT2D eigenvalue weighted by molar-refractivity contribution is -0.141. The predicted octanol–water partition coefficient (Wildman–Crippen LogP) is 1.36. The number of hydrogen-bond acceptors (Lipinski definition) is 2. The van der Waals surface area contributed by atoms with Crippen molar-refractivity contribution in [1.82, 2.24) is 10.6 Å². The van der Waals surface area contributed by atoms with Gasteiger partial charge in [0.25, 0.3) is 0 Å². The lowest BCUT2D eigenvalue weighted by atomic mass is 10.1. The molecule has 0 aromatic carbocycles. The van der Waals surface area contributed by atoms with Gasteiger partial charge in [0.2, 0.25) is 0 Å². The Morgan fingerprint density at radius 2 is 2.06 bits per heavy atom. The molecule has 0 saturated carbocycles. The van der Waals surface area contributed by atoms with Gasteiger partial charge < -0.3 is 15.7 Å². The average molecular weight is 228 g/mol. The predicted molar refractivity (Wildman–Crippen MR) is 62.2 cm³/mol. The van der Waals surface area contributed by atoms with Gasteiger partial charge in [0.05, 0.1) is 5.92 Å². The first-order valence-electron chi connectivity index (χ1n) is 5.35. The van der Waals surface area contributed by atoms with Crippen LogP contribution < -0.4 is 10.6 Å². The molecule has 0 aliphatic carbocycles. The highest BCUT2D eigenvalue weighted by Gasteiger charge is 2.11. The topological polar surface area (TPSA) is 78.4 Å². The second-order valence-electron chi connectivity index (χ2n) is 3.85. The van der Waals surface area contributed by atoms with Crippen LogP contribution in [0.5, 0.6) is 0 Å². The van der Waals surface area contributed by atoms with Crippen LogP contribution in [-0.2, 0) is 4.79 Å². The number of urea groups is 1. The van der Waals surface area contributed by atoms with Crippen LogP contribution in [0.2, 0.25) is 0 Å². The average Bonchev–Trinajstić information content (AvgIpc) is 2.17. The molecule has 16 heavy (non-hydrogen) atoms. The number of carboxylic acid groups (broad SMARTS) is 1. The fraction of sp³-hybridized carbons (Fsp3) is 0.636. The summed E-state index contributed by atoms with van der Waals surface area (Å²) in [6, 6.07) is -0.235. The second kappa shape index (κ2) is 7.73. The summed E-state index contributed by atoms with van der Waals surface area (Å²) in [5, 5.41) is 13.9. The van der Waals surface area contributed by atoms with Gasteiger partial charge in [-0.2, -0.15) is 0 Å². The highest BCUT2D eigenvalue weighted by molar-refractivity contribution is 5.74. The summed E-state index contributed by atoms with van der Waals surface area (Å²) in [5.41, 5.74) is 0. The minimum Gasteiger partial charge on any atom is -0.481 e. The third kappa shape index (κ3) is 6.86. The van der Waals surface area contributed by atoms with Crippen molar-refractivity contribution in [3.05, 3.63) is 12.7 Å². The maximum atomic E-state index is 11.3. The van der Waals surface area contributed by atoms with Gasteiger partial charge in [-0.05, 0) is 19.8 Å². The molecule has 0 heterocycles. The van der Waals surface area contributed by atoms with E-state index in [9.17, 15) is 9.59 Å². The van der Waals surface area contributed by atoms with Crippen molar-refractivity contribution in [1.29, 1.82) is 0 Å². The van der Waals surface area contributed by atoms with Crippen LogP contribution in [0.4, 0.5) is 4.79 Å². The molecule has 0 aliphatic heterocycles. The summed E-state index contributed by atoms with van der Waals surface area (Å²) in [7, 11) is 0. The number of carboxylic acids is 1. The summed E-state index contributed by atoms with van der Waals surface area (Å²) in [5.74, 6) is -1.28. The number of carbonyl (C=O) groups excluding carboxylic acids is 1. The zero-order valence-corrected chi connectivity index (χ0v) is 9.82. The van der Waals surface area contributed by atoms with E-state index in [4.69, 9.17) is 5.11 Å². The fourth-order valence-corrected chi connectivity index (χ4v) is 1.11. The Morgan fingerprint density at radius 3 is 2.56 bits per heavy atom. The van der Waals surface area contributed by atoms with Crippen molar-refractivity contribution >= 4 is 12.0 Å². The van der Waals surface area contributed by atoms with Crippen molar-refractivity contribution in [3.63, 3.8) is 0 Å². The van der Waals surface area contributed by atoms with Crippen LogP contribution in [0.3, 0.4) is 0 Å². The number of nitrogens with one attached hydrogen (secondary N) is 2. The van der Waals surface area contributed by atoms with Gasteiger partial charge in [0.15, 0.2) is 0 Å². The summed E-state index contributed by atoms with van der Waals surface area (Å²) in [6.45, 7) is 7.43. The van der Waals surface area contributed by atoms with Crippen molar-refractivity contribution in [3.8, 4) is 0 Å². The Kier molecular flexibility index (Phi) is 7.00. The number of aliphatic carboxylic acids is 1. The van der Waals surface area contributed by atoms with Crippen molar-refractivity contribution in [2.75, 3.05) is 6.54 Å². The van der Waals surface area contributed by atoms with Gasteiger partial charge in [-0.25, -0.2) is 4.79 Å². The lowest BCUT2D eigenvalue weighted by Gasteiger charge is -2.13. The molecular weight excluding hydrogens is 208 g/mol. The number of carbonyl (C=O) groups is 2. The van der Waals surface area contributed by atoms with Gasteiger partial charge in [-0.3, -0.25) is 4.79 Å². The van der Waals surface area contributed by atoms with Gasteiger partial charge in [0, 0.05) is 12.6 Å². The van der Waals surface area contributed by atoms with Crippen molar-refractivity contribution in [2.45, 2.75) is 32.7 Å². The third-order valence-corrected chi connectivity index (χ3v) is 2.18. The Balaban J connectivity index is 3.65. The van der Waals surface area contributed by atoms with Crippen LogP contribution in [0.15, 0.2) is 12.7 Å². The molecule has 0 radical (unpaired) electrons. The van der Waals surface area contributed by atoms with E-state index in [-0.39, 0.29) is 12.1 Å². The van der Waals surface area contributed by atoms with Crippen LogP contribution in [0.25, 0.3) is 0 Å². The lowest BCUT2D eigenvalue weighted by Crippen LogP contribution is -2.41. The van der Waals surface area contributed by atoms with Crippen LogP contribution in [0.1, 0.15) is 26.7 Å². The molecule has 92 valence electrons. The molecule has 0 aromatic heterocycles. The Hall–Kier alpha value is -1.52. The Morgan fingerprint density at radius 1 is 1.44 bits per heavy atom. The van der Waals surface area contributed by atoms with Crippen LogP contribution >= 0.6 is 0 Å². The fourth-order valence-electron chi connectivity index (χ4n) is 1.11. The zero-order valence-electron chi connectivity index (χ0n) is 9.82. The molecule has 3 N–H and O–H groups in total. The summed E-state index contributed by atoms with van der Waals surface area (Å²) < 4.78 is 0. The maximum absolute atomic E-state index is 11.3. The number of rotatable bonds is 7. The molecule has 5 heteroatoms. The molecule has 0 aromatic rings. The Bertz CT molecular complexity index is 254. The molecule has 0 fully saturated rings. The summed E-state index contributed by atoms with van der Waals surface area (Å²) in [4.78, 5) is 21.8. The maximum Gasteiger partial charge on any atom is 0.315 e. The molecule has 2 unspecified atom stereocenters. The number of amides is 2. The molecule has 0 spiro atoms. The second-order valence-corrected chi connectivity index (χ2v) is 3.85. The standard InChI is InChI=1S/C11H20N2O3/c1-4-5-9(3)13-11(16)12-7-6-8(2)10(14)15/h4,8-9H,1,5-7H2,2-3H3,(H,14,15)(H2,12,13,16). The number of hydrogen-bond donors (Lipinski definition) is 3. The normalized spacial score (nSPS) is 13.6. The molecule has 0 saturated heterocycles. The van der Waals surface area contributed by atoms with Crippen molar-refractivity contribution in [2.24, 2.45) is 5.92 Å². The minimum atomic E-state index is -0.845. The largest absolute Gasteiger partial charge is 0.481 e. The Labute approximate surface area is 95.9 Å². The monoisotopic (exact) mass is 228 g/mol. The molecule has 0 rings (SSSR count). The molecule has 5 nitrogen and oxygen atoms in total. The van der Waals surface area contributed by atoms with E-state index in [0.29, 0.717) is 19.4 Å². The van der Waals surface area contributed by atoms with E-state index in [0.717, 1.165) is 0 Å². The van der Waals surface area contributed by atoms with E-state index in [1.807, 2.05) is 6.92 Å². The molecular formula is C11H20N2O3. The van der Waals surface area contributed by atoms with Gasteiger partial charge in [-0.1, -0.05) is 13.0 Å². The van der Waals surface area contributed by atoms with E-state index in [1.54, 1.807) is 13.0 Å². The van der Waals surface area contributed by atoms with Crippen LogP contribution in [0, 0.1) is 5.92 Å². The minimum absolute atomic E-state index is 0.0365. The van der Waals surface area contributed by atoms with E-state index in [1.165, 1.54) is 0 Å². The molecule has 0 aliphatic rings. The van der Waals surface area contributed by atoms with Gasteiger partial charge in [-0.15, -0.1) is 6.58 Å². The van der Waals surface area contributed by atoms with E-state index in [2.05, 4.69) is 17.2 Å². The van der Waals surface area contributed by atoms with Gasteiger partial charge >= 0.3 is 12.0 Å². The van der Waals surface area contributed by atoms with Crippen molar-refractivity contribution < 1.29 is 14.7 Å². The summed E-state index contributed by atoms with van der Waals surface area (Å²) in [6.07, 6.45) is 2.87. The SMILES string of the molecule is C=CCC(C)NC(=O)NCCC(C)C(=O)O. The molecule has 2 atom stereocenters. The highest BCUT2D eigenvalue weighted by atomic mass is 16.4. The van der Waals surface area contributed by atoms with E-state index < -0.39 is 11.9 Å². The quantitative estimate of drug-likeness (QED) is 0.576. The van der Waals surface area contributed by atoms with Crippen LogP contribution in [-0.4, -0.2) is 29.7 Å². The first-order chi connectivity index (χ1) is 7.47. The molecule has 0 bridgehead atoms. The highest BCUT2D eigenvalue weighted by Crippen LogP contribution is 1.99. The van der Waals surface area contributed by atoms with E-state index >= 15 is 0 Å². The first-order valence-corrected chi connectivity index (χ1v) is 5.35. The smallest absolute Gasteiger partial charge is 0.315 e. The first kappa shape index (κ1) is 14.5.